The van der Waals surface area contributed by atoms with Crippen molar-refractivity contribution in [2.45, 2.75) is 18.3 Å². The highest BCUT2D eigenvalue weighted by atomic mass is 19.4. The molecule has 186 valence electrons. The first-order valence-corrected chi connectivity index (χ1v) is 10.8. The second kappa shape index (κ2) is 9.37. The van der Waals surface area contributed by atoms with Crippen molar-refractivity contribution >= 4 is 17.8 Å². The Labute approximate surface area is 205 Å². The molecule has 10 heteroatoms. The number of methoxy groups -OCH3 is 1. The van der Waals surface area contributed by atoms with Gasteiger partial charge in [-0.05, 0) is 46.0 Å². The average Bonchev–Trinajstić information content (AvgIpc) is 3.11. The van der Waals surface area contributed by atoms with Crippen LogP contribution < -0.4 is 10.5 Å². The number of nitrogens with two attached hydrogens (primary N) is 1. The van der Waals surface area contributed by atoms with Crippen LogP contribution in [0.4, 0.5) is 13.2 Å². The van der Waals surface area contributed by atoms with Gasteiger partial charge in [0.15, 0.2) is 11.5 Å². The van der Waals surface area contributed by atoms with E-state index in [0.717, 1.165) is 11.1 Å². The number of aliphatic imine (C=N–C) groups is 1. The number of ether oxygens (including phenoxy) is 2. The van der Waals surface area contributed by atoms with E-state index in [0.29, 0.717) is 22.4 Å². The van der Waals surface area contributed by atoms with E-state index in [1.807, 2.05) is 36.4 Å². The third kappa shape index (κ3) is 4.49. The number of likely N-dealkylation sites (N-methyl/N-ethyl adjacent to an activating group) is 1. The Morgan fingerprint density at radius 2 is 1.64 bits per heavy atom. The third-order valence-corrected chi connectivity index (χ3v) is 5.90. The van der Waals surface area contributed by atoms with Crippen LogP contribution in [0.15, 0.2) is 77.8 Å². The van der Waals surface area contributed by atoms with Gasteiger partial charge in [0.25, 0.3) is 5.91 Å². The van der Waals surface area contributed by atoms with Gasteiger partial charge in [0, 0.05) is 7.05 Å². The molecule has 0 saturated carbocycles. The molecule has 0 fully saturated rings. The highest BCUT2D eigenvalue weighted by Crippen LogP contribution is 2.41. The van der Waals surface area contributed by atoms with Crippen LogP contribution in [0.1, 0.15) is 16.7 Å². The molecular weight excluding hydrogens is 475 g/mol. The van der Waals surface area contributed by atoms with Crippen LogP contribution in [-0.2, 0) is 26.5 Å². The molecule has 0 bridgehead atoms. The van der Waals surface area contributed by atoms with E-state index in [9.17, 15) is 22.8 Å². The predicted octanol–water partition coefficient (Wildman–Crippen LogP) is 4.00. The fourth-order valence-electron chi connectivity index (χ4n) is 3.98. The van der Waals surface area contributed by atoms with E-state index < -0.39 is 24.3 Å². The van der Waals surface area contributed by atoms with Gasteiger partial charge in [0.05, 0.1) is 7.11 Å². The maximum atomic E-state index is 13.5. The molecule has 1 atom stereocenters. The number of hydrogen-bond acceptors (Lipinski definition) is 6. The van der Waals surface area contributed by atoms with E-state index >= 15 is 0 Å². The molecule has 0 saturated heterocycles. The van der Waals surface area contributed by atoms with Gasteiger partial charge in [-0.1, -0.05) is 54.6 Å². The molecule has 0 spiro atoms. The van der Waals surface area contributed by atoms with Crippen LogP contribution in [0.2, 0.25) is 0 Å². The minimum absolute atomic E-state index is 0.0231. The second-order valence-corrected chi connectivity index (χ2v) is 8.13. The van der Waals surface area contributed by atoms with Gasteiger partial charge in [-0.15, -0.1) is 0 Å². The number of rotatable bonds is 6. The molecular formula is C26H22F3N3O4. The number of guanidine groups is 1. The highest BCUT2D eigenvalue weighted by molar-refractivity contribution is 6.09. The quantitative estimate of drug-likeness (QED) is 0.520. The molecule has 1 aliphatic heterocycles. The molecule has 0 aromatic heterocycles. The van der Waals surface area contributed by atoms with Crippen molar-refractivity contribution in [3.63, 3.8) is 0 Å². The maximum Gasteiger partial charge on any atom is 0.490 e. The van der Waals surface area contributed by atoms with Crippen LogP contribution >= 0.6 is 0 Å². The van der Waals surface area contributed by atoms with Gasteiger partial charge < -0.3 is 15.2 Å². The Morgan fingerprint density at radius 3 is 2.22 bits per heavy atom. The lowest BCUT2D eigenvalue weighted by Gasteiger charge is -2.27. The second-order valence-electron chi connectivity index (χ2n) is 8.13. The Kier molecular flexibility index (Phi) is 6.45. The topological polar surface area (TPSA) is 94.2 Å². The van der Waals surface area contributed by atoms with E-state index in [4.69, 9.17) is 10.5 Å². The summed E-state index contributed by atoms with van der Waals surface area (Å²) in [6, 6.07) is 20.8. The Balaban J connectivity index is 1.74. The van der Waals surface area contributed by atoms with Gasteiger partial charge in [0.1, 0.15) is 12.4 Å². The number of alkyl halides is 3. The monoisotopic (exact) mass is 497 g/mol. The van der Waals surface area contributed by atoms with Gasteiger partial charge in [-0.25, -0.2) is 9.79 Å². The lowest BCUT2D eigenvalue weighted by molar-refractivity contribution is -0.201. The molecule has 2 N–H and O–H groups in total. The normalized spacial score (nSPS) is 17.6. The summed E-state index contributed by atoms with van der Waals surface area (Å²) in [5.74, 6) is -1.97. The first-order chi connectivity index (χ1) is 17.1. The van der Waals surface area contributed by atoms with Crippen molar-refractivity contribution in [2.75, 3.05) is 14.2 Å². The zero-order valence-electron chi connectivity index (χ0n) is 19.4. The minimum atomic E-state index is -5.08. The zero-order valence-corrected chi connectivity index (χ0v) is 19.4. The summed E-state index contributed by atoms with van der Waals surface area (Å²) >= 11 is 0. The van der Waals surface area contributed by atoms with Crippen molar-refractivity contribution < 1.29 is 32.2 Å². The predicted molar refractivity (Wildman–Crippen MR) is 126 cm³/mol. The average molecular weight is 497 g/mol. The van der Waals surface area contributed by atoms with Crippen LogP contribution in [0.3, 0.4) is 0 Å². The number of benzene rings is 3. The third-order valence-electron chi connectivity index (χ3n) is 5.90. The van der Waals surface area contributed by atoms with Crippen molar-refractivity contribution in [1.29, 1.82) is 0 Å². The highest BCUT2D eigenvalue weighted by Gasteiger charge is 2.49. The minimum Gasteiger partial charge on any atom is -0.497 e. The Morgan fingerprint density at radius 1 is 1.00 bits per heavy atom. The van der Waals surface area contributed by atoms with E-state index in [2.05, 4.69) is 9.73 Å². The fraction of sp³-hybridized carbons (Fsp3) is 0.192. The molecule has 0 radical (unpaired) electrons. The van der Waals surface area contributed by atoms with Crippen LogP contribution in [0.25, 0.3) is 11.1 Å². The molecule has 1 heterocycles. The molecule has 3 aromatic carbocycles. The van der Waals surface area contributed by atoms with Crippen LogP contribution in [0.5, 0.6) is 5.75 Å². The molecule has 0 aliphatic carbocycles. The first-order valence-electron chi connectivity index (χ1n) is 10.8. The molecule has 3 aromatic rings. The summed E-state index contributed by atoms with van der Waals surface area (Å²) in [6.07, 6.45) is -5.08. The molecule has 1 amide bonds. The summed E-state index contributed by atoms with van der Waals surface area (Å²) in [7, 11) is 3.09. The van der Waals surface area contributed by atoms with Crippen LogP contribution in [-0.4, -0.2) is 43.1 Å². The van der Waals surface area contributed by atoms with Crippen LogP contribution in [0, 0.1) is 0 Å². The number of nitrogens with zero attached hydrogens (tertiary/aromatic N) is 2. The summed E-state index contributed by atoms with van der Waals surface area (Å²) in [4.78, 5) is 30.3. The summed E-state index contributed by atoms with van der Waals surface area (Å²) < 4.78 is 46.9. The SMILES string of the molecule is COc1cccc(-c2cccc(C3(c4ccc(COC(=O)C(F)(F)F)cc4)N=C(N)N(C)C3=O)c2)c1. The number of halogens is 3. The standard InChI is InChI=1S/C26H22F3N3O4/c1-32-22(33)25(31-24(32)30,19-11-9-16(10-12-19)15-36-23(34)26(27,28)29)20-7-3-5-17(13-20)18-6-4-8-21(14-18)35-2/h3-14H,15H2,1-2H3,(H2,30,31). The molecule has 7 nitrogen and oxygen atoms in total. The number of carbonyl (C=O) groups excluding carboxylic acids is 2. The summed E-state index contributed by atoms with van der Waals surface area (Å²) in [5, 5.41) is 0. The van der Waals surface area contributed by atoms with Crippen molar-refractivity contribution in [3.05, 3.63) is 89.5 Å². The summed E-state index contributed by atoms with van der Waals surface area (Å²) in [6.45, 7) is -0.573. The van der Waals surface area contributed by atoms with Gasteiger partial charge in [0.2, 0.25) is 0 Å². The van der Waals surface area contributed by atoms with E-state index in [-0.39, 0.29) is 11.9 Å². The van der Waals surface area contributed by atoms with Gasteiger partial charge in [-0.3, -0.25) is 9.69 Å². The molecule has 1 unspecified atom stereocenters. The Hall–Kier alpha value is -4.34. The fourth-order valence-corrected chi connectivity index (χ4v) is 3.98. The van der Waals surface area contributed by atoms with Crippen molar-refractivity contribution in [1.82, 2.24) is 4.90 Å². The lowest BCUT2D eigenvalue weighted by atomic mass is 9.81. The number of esters is 1. The maximum absolute atomic E-state index is 13.5. The van der Waals surface area contributed by atoms with Crippen molar-refractivity contribution in [2.24, 2.45) is 10.7 Å². The number of hydrogen-bond donors (Lipinski definition) is 1. The Bertz CT molecular complexity index is 1340. The first kappa shape index (κ1) is 24.8. The molecule has 1 aliphatic rings. The smallest absolute Gasteiger partial charge is 0.490 e. The largest absolute Gasteiger partial charge is 0.497 e. The lowest BCUT2D eigenvalue weighted by Crippen LogP contribution is -2.41. The molecule has 4 rings (SSSR count). The molecule has 36 heavy (non-hydrogen) atoms. The summed E-state index contributed by atoms with van der Waals surface area (Å²) in [5.41, 5.74) is 7.53. The number of carbonyl (C=O) groups is 2. The van der Waals surface area contributed by atoms with E-state index in [1.54, 1.807) is 31.4 Å². The van der Waals surface area contributed by atoms with Gasteiger partial charge >= 0.3 is 12.1 Å². The zero-order chi connectivity index (χ0) is 26.1. The van der Waals surface area contributed by atoms with Gasteiger partial charge in [-0.2, -0.15) is 13.2 Å². The number of amides is 1. The van der Waals surface area contributed by atoms with Crippen molar-refractivity contribution in [3.8, 4) is 16.9 Å². The van der Waals surface area contributed by atoms with E-state index in [1.165, 1.54) is 24.1 Å².